The van der Waals surface area contributed by atoms with E-state index in [1.54, 1.807) is 18.0 Å². The summed E-state index contributed by atoms with van der Waals surface area (Å²) in [7, 11) is 1.79. The van der Waals surface area contributed by atoms with Crippen molar-refractivity contribution in [2.75, 3.05) is 31.6 Å². The van der Waals surface area contributed by atoms with Gasteiger partial charge in [-0.3, -0.25) is 4.79 Å². The Morgan fingerprint density at radius 3 is 2.91 bits per heavy atom. The molecule has 5 nitrogen and oxygen atoms in total. The lowest BCUT2D eigenvalue weighted by Crippen LogP contribution is -2.46. The zero-order chi connectivity index (χ0) is 15.5. The van der Waals surface area contributed by atoms with Gasteiger partial charge >= 0.3 is 0 Å². The van der Waals surface area contributed by atoms with Crippen LogP contribution in [0.5, 0.6) is 5.75 Å². The van der Waals surface area contributed by atoms with E-state index in [4.69, 9.17) is 9.15 Å². The predicted octanol–water partition coefficient (Wildman–Crippen LogP) is 2.64. The van der Waals surface area contributed by atoms with Crippen molar-refractivity contribution in [2.24, 2.45) is 0 Å². The first-order chi connectivity index (χ1) is 10.7. The molecule has 2 aromatic rings. The molecule has 0 spiro atoms. The Balaban J connectivity index is 1.70. The minimum atomic E-state index is -0.0562. The number of fused-ring (bicyclic) bond motifs is 1. The average Bonchev–Trinajstić information content (AvgIpc) is 3.07. The quantitative estimate of drug-likeness (QED) is 0.871. The highest BCUT2D eigenvalue weighted by Crippen LogP contribution is 2.32. The largest absolute Gasteiger partial charge is 0.485 e. The van der Waals surface area contributed by atoms with E-state index in [0.29, 0.717) is 12.1 Å². The van der Waals surface area contributed by atoms with Gasteiger partial charge in [-0.05, 0) is 25.1 Å². The summed E-state index contributed by atoms with van der Waals surface area (Å²) in [5.74, 6) is 0.823. The van der Waals surface area contributed by atoms with Gasteiger partial charge < -0.3 is 19.0 Å². The number of anilines is 1. The normalized spacial score (nSPS) is 16.8. The number of hydrogen-bond acceptors (Lipinski definition) is 4. The van der Waals surface area contributed by atoms with Gasteiger partial charge in [0.1, 0.15) is 18.1 Å². The molecular weight excluding hydrogens is 280 g/mol. The van der Waals surface area contributed by atoms with Gasteiger partial charge in [-0.2, -0.15) is 0 Å². The van der Waals surface area contributed by atoms with Gasteiger partial charge in [0.15, 0.2) is 0 Å². The van der Waals surface area contributed by atoms with Crippen LogP contribution < -0.4 is 9.64 Å². The summed E-state index contributed by atoms with van der Waals surface area (Å²) in [6.07, 6.45) is 2.93. The highest BCUT2D eigenvalue weighted by atomic mass is 16.5. The van der Waals surface area contributed by atoms with Crippen LogP contribution in [0, 0.1) is 0 Å². The lowest BCUT2D eigenvalue weighted by Gasteiger charge is -2.37. The molecule has 2 heterocycles. The molecule has 5 heteroatoms. The average molecular weight is 300 g/mol. The number of carbonyl (C=O) groups is 1. The fraction of sp³-hybridized carbons (Fsp3) is 0.353. The second-order valence-electron chi connectivity index (χ2n) is 5.44. The van der Waals surface area contributed by atoms with Crippen molar-refractivity contribution in [3.05, 3.63) is 48.4 Å². The van der Waals surface area contributed by atoms with Crippen LogP contribution in [-0.4, -0.2) is 43.6 Å². The SMILES string of the molecule is CCN1CC(CN(C)C(=O)c2ccoc2)Oc2ccccc21. The van der Waals surface area contributed by atoms with Crippen LogP contribution in [0.1, 0.15) is 17.3 Å². The minimum absolute atomic E-state index is 0.0456. The molecule has 3 rings (SSSR count). The number of hydrogen-bond donors (Lipinski definition) is 0. The van der Waals surface area contributed by atoms with Crippen molar-refractivity contribution < 1.29 is 13.9 Å². The number of furan rings is 1. The summed E-state index contributed by atoms with van der Waals surface area (Å²) in [5, 5.41) is 0. The first-order valence-electron chi connectivity index (χ1n) is 7.47. The Hall–Kier alpha value is -2.43. The molecule has 1 atom stereocenters. The molecular formula is C17H20N2O3. The number of carbonyl (C=O) groups excluding carboxylic acids is 1. The van der Waals surface area contributed by atoms with Crippen LogP contribution in [0.3, 0.4) is 0 Å². The number of likely N-dealkylation sites (N-methyl/N-ethyl adjacent to an activating group) is 2. The van der Waals surface area contributed by atoms with Gasteiger partial charge in [-0.25, -0.2) is 0 Å². The second kappa shape index (κ2) is 6.13. The zero-order valence-electron chi connectivity index (χ0n) is 12.9. The number of rotatable bonds is 4. The number of ether oxygens (including phenoxy) is 1. The fourth-order valence-electron chi connectivity index (χ4n) is 2.77. The molecule has 1 aliphatic rings. The predicted molar refractivity (Wildman–Crippen MR) is 84.4 cm³/mol. The number of para-hydroxylation sites is 2. The Labute approximate surface area is 130 Å². The summed E-state index contributed by atoms with van der Waals surface area (Å²) >= 11 is 0. The second-order valence-corrected chi connectivity index (χ2v) is 5.44. The summed E-state index contributed by atoms with van der Waals surface area (Å²) < 4.78 is 11.0. The van der Waals surface area contributed by atoms with Crippen LogP contribution in [0.15, 0.2) is 47.3 Å². The van der Waals surface area contributed by atoms with Crippen molar-refractivity contribution in [1.82, 2.24) is 4.90 Å². The molecule has 0 saturated carbocycles. The van der Waals surface area contributed by atoms with Crippen molar-refractivity contribution >= 4 is 11.6 Å². The summed E-state index contributed by atoms with van der Waals surface area (Å²) in [5.41, 5.74) is 1.68. The number of amides is 1. The molecule has 0 radical (unpaired) electrons. The van der Waals surface area contributed by atoms with E-state index in [-0.39, 0.29) is 12.0 Å². The lowest BCUT2D eigenvalue weighted by molar-refractivity contribution is 0.0709. The van der Waals surface area contributed by atoms with E-state index >= 15 is 0 Å². The molecule has 1 aliphatic heterocycles. The molecule has 1 amide bonds. The molecule has 0 saturated heterocycles. The van der Waals surface area contributed by atoms with Gasteiger partial charge in [-0.15, -0.1) is 0 Å². The smallest absolute Gasteiger partial charge is 0.256 e. The third kappa shape index (κ3) is 2.79. The van der Waals surface area contributed by atoms with E-state index in [1.807, 2.05) is 18.2 Å². The molecule has 0 fully saturated rings. The summed E-state index contributed by atoms with van der Waals surface area (Å²) in [6.45, 7) is 4.35. The Morgan fingerprint density at radius 1 is 1.36 bits per heavy atom. The Kier molecular flexibility index (Phi) is 4.04. The summed E-state index contributed by atoms with van der Waals surface area (Å²) in [6, 6.07) is 9.70. The molecule has 1 aromatic carbocycles. The molecule has 0 aliphatic carbocycles. The summed E-state index contributed by atoms with van der Waals surface area (Å²) in [4.78, 5) is 16.2. The van der Waals surface area contributed by atoms with Gasteiger partial charge in [0.05, 0.1) is 30.6 Å². The van der Waals surface area contributed by atoms with Gasteiger partial charge in [0, 0.05) is 13.6 Å². The molecule has 116 valence electrons. The molecule has 0 bridgehead atoms. The fourth-order valence-corrected chi connectivity index (χ4v) is 2.77. The minimum Gasteiger partial charge on any atom is -0.485 e. The van der Waals surface area contributed by atoms with E-state index in [0.717, 1.165) is 24.5 Å². The lowest BCUT2D eigenvalue weighted by atomic mass is 10.1. The first kappa shape index (κ1) is 14.5. The molecule has 0 N–H and O–H groups in total. The zero-order valence-corrected chi connectivity index (χ0v) is 12.9. The number of benzene rings is 1. The van der Waals surface area contributed by atoms with E-state index in [9.17, 15) is 4.79 Å². The molecule has 1 unspecified atom stereocenters. The van der Waals surface area contributed by atoms with Crippen LogP contribution in [0.4, 0.5) is 5.69 Å². The highest BCUT2D eigenvalue weighted by molar-refractivity contribution is 5.93. The highest BCUT2D eigenvalue weighted by Gasteiger charge is 2.27. The third-order valence-electron chi connectivity index (χ3n) is 3.90. The monoisotopic (exact) mass is 300 g/mol. The van der Waals surface area contributed by atoms with Crippen molar-refractivity contribution in [3.63, 3.8) is 0 Å². The molecule has 1 aromatic heterocycles. The maximum Gasteiger partial charge on any atom is 0.256 e. The van der Waals surface area contributed by atoms with Crippen molar-refractivity contribution in [1.29, 1.82) is 0 Å². The number of nitrogens with zero attached hydrogens (tertiary/aromatic N) is 2. The Bertz CT molecular complexity index is 639. The standard InChI is InChI=1S/C17H20N2O3/c1-3-19-11-14(22-16-7-5-4-6-15(16)19)10-18(2)17(20)13-8-9-21-12-13/h4-9,12,14H,3,10-11H2,1-2H3. The van der Waals surface area contributed by atoms with E-state index < -0.39 is 0 Å². The van der Waals surface area contributed by atoms with E-state index in [2.05, 4.69) is 17.9 Å². The third-order valence-corrected chi connectivity index (χ3v) is 3.90. The van der Waals surface area contributed by atoms with Gasteiger partial charge in [0.25, 0.3) is 5.91 Å². The van der Waals surface area contributed by atoms with Gasteiger partial charge in [0.2, 0.25) is 0 Å². The van der Waals surface area contributed by atoms with Crippen molar-refractivity contribution in [3.8, 4) is 5.75 Å². The Morgan fingerprint density at radius 2 is 2.18 bits per heavy atom. The topological polar surface area (TPSA) is 45.9 Å². The van der Waals surface area contributed by atoms with Crippen molar-refractivity contribution in [2.45, 2.75) is 13.0 Å². The maximum atomic E-state index is 12.3. The van der Waals surface area contributed by atoms with E-state index in [1.165, 1.54) is 12.5 Å². The van der Waals surface area contributed by atoms with Crippen LogP contribution in [0.2, 0.25) is 0 Å². The van der Waals surface area contributed by atoms with Crippen LogP contribution in [-0.2, 0) is 0 Å². The van der Waals surface area contributed by atoms with Gasteiger partial charge in [-0.1, -0.05) is 12.1 Å². The van der Waals surface area contributed by atoms with Crippen LogP contribution in [0.25, 0.3) is 0 Å². The maximum absolute atomic E-state index is 12.3. The van der Waals surface area contributed by atoms with Crippen LogP contribution >= 0.6 is 0 Å². The molecule has 22 heavy (non-hydrogen) atoms. The first-order valence-corrected chi connectivity index (χ1v) is 7.47.